The summed E-state index contributed by atoms with van der Waals surface area (Å²) in [5.41, 5.74) is 3.59. The predicted molar refractivity (Wildman–Crippen MR) is 99.2 cm³/mol. The van der Waals surface area contributed by atoms with E-state index < -0.39 is 21.5 Å². The number of nitrogens with zero attached hydrogens (tertiary/aromatic N) is 1. The maximum atomic E-state index is 12.7. The summed E-state index contributed by atoms with van der Waals surface area (Å²) < 4.78 is 30.9. The van der Waals surface area contributed by atoms with E-state index in [1.807, 2.05) is 0 Å². The molecule has 1 heterocycles. The first-order valence-corrected chi connectivity index (χ1v) is 9.79. The standard InChI is InChI=1S/C19H20N2O4S/c1-19(2,3)13-8-10-14(11-9-13)26(23,24)12-17-20-21-18(22)15-6-4-5-7-16(15)25-17/h4-11H,12H2,1-3H3,(H,21,22). The molecule has 0 aromatic heterocycles. The normalized spacial score (nSPS) is 14.6. The van der Waals surface area contributed by atoms with E-state index >= 15 is 0 Å². The van der Waals surface area contributed by atoms with Gasteiger partial charge in [-0.15, -0.1) is 5.10 Å². The molecule has 0 radical (unpaired) electrons. The van der Waals surface area contributed by atoms with Crippen molar-refractivity contribution in [2.75, 3.05) is 5.75 Å². The maximum absolute atomic E-state index is 12.7. The highest BCUT2D eigenvalue weighted by molar-refractivity contribution is 7.92. The van der Waals surface area contributed by atoms with Crippen LogP contribution in [0.5, 0.6) is 5.75 Å². The van der Waals surface area contributed by atoms with Crippen molar-refractivity contribution in [1.29, 1.82) is 0 Å². The fraction of sp³-hybridized carbons (Fsp3) is 0.263. The summed E-state index contributed by atoms with van der Waals surface area (Å²) in [6.45, 7) is 6.18. The van der Waals surface area contributed by atoms with Gasteiger partial charge in [-0.2, -0.15) is 0 Å². The molecular formula is C19H20N2O4S. The largest absolute Gasteiger partial charge is 0.439 e. The molecule has 0 saturated heterocycles. The van der Waals surface area contributed by atoms with Crippen molar-refractivity contribution in [2.45, 2.75) is 31.1 Å². The smallest absolute Gasteiger partial charge is 0.275 e. The van der Waals surface area contributed by atoms with Crippen molar-refractivity contribution >= 4 is 21.6 Å². The van der Waals surface area contributed by atoms with E-state index in [4.69, 9.17) is 4.74 Å². The third kappa shape index (κ3) is 3.77. The van der Waals surface area contributed by atoms with E-state index in [2.05, 4.69) is 31.3 Å². The van der Waals surface area contributed by atoms with Gasteiger partial charge < -0.3 is 4.74 Å². The number of carbonyl (C=O) groups is 1. The third-order valence-corrected chi connectivity index (χ3v) is 5.65. The van der Waals surface area contributed by atoms with Gasteiger partial charge in [0, 0.05) is 0 Å². The minimum atomic E-state index is -3.67. The molecule has 6 nitrogen and oxygen atoms in total. The zero-order valence-corrected chi connectivity index (χ0v) is 15.6. The van der Waals surface area contributed by atoms with Crippen LogP contribution in [0.2, 0.25) is 0 Å². The number of hydrogen-bond donors (Lipinski definition) is 1. The van der Waals surface area contributed by atoms with Crippen LogP contribution in [0.15, 0.2) is 58.5 Å². The molecule has 3 rings (SSSR count). The first-order valence-electron chi connectivity index (χ1n) is 8.14. The zero-order chi connectivity index (χ0) is 18.9. The van der Waals surface area contributed by atoms with Gasteiger partial charge in [-0.1, -0.05) is 45.0 Å². The van der Waals surface area contributed by atoms with Crippen molar-refractivity contribution < 1.29 is 17.9 Å². The number of rotatable bonds is 3. The third-order valence-electron chi connectivity index (χ3n) is 4.03. The fourth-order valence-corrected chi connectivity index (χ4v) is 3.70. The Labute approximate surface area is 152 Å². The second kappa shape index (κ2) is 6.57. The summed E-state index contributed by atoms with van der Waals surface area (Å²) >= 11 is 0. The minimum Gasteiger partial charge on any atom is -0.439 e. The van der Waals surface area contributed by atoms with E-state index in [-0.39, 0.29) is 22.0 Å². The van der Waals surface area contributed by atoms with Crippen LogP contribution in [-0.2, 0) is 15.3 Å². The van der Waals surface area contributed by atoms with Gasteiger partial charge in [0.15, 0.2) is 9.84 Å². The number of amides is 1. The molecule has 1 aliphatic heterocycles. The molecule has 1 N–H and O–H groups in total. The molecule has 0 fully saturated rings. The Morgan fingerprint density at radius 3 is 2.35 bits per heavy atom. The van der Waals surface area contributed by atoms with Crippen LogP contribution in [0.3, 0.4) is 0 Å². The van der Waals surface area contributed by atoms with Gasteiger partial charge in [0.2, 0.25) is 5.90 Å². The molecule has 0 bridgehead atoms. The molecule has 1 aliphatic rings. The van der Waals surface area contributed by atoms with Crippen LogP contribution in [0.4, 0.5) is 0 Å². The summed E-state index contributed by atoms with van der Waals surface area (Å²) in [5.74, 6) is -0.693. The molecule has 0 saturated carbocycles. The fourth-order valence-electron chi connectivity index (χ4n) is 2.54. The molecule has 0 atom stereocenters. The molecule has 26 heavy (non-hydrogen) atoms. The quantitative estimate of drug-likeness (QED) is 0.898. The van der Waals surface area contributed by atoms with E-state index in [1.165, 1.54) is 0 Å². The molecule has 2 aromatic rings. The van der Waals surface area contributed by atoms with E-state index in [0.717, 1.165) is 5.56 Å². The number of benzene rings is 2. The van der Waals surface area contributed by atoms with Crippen molar-refractivity contribution in [3.63, 3.8) is 0 Å². The van der Waals surface area contributed by atoms with Crippen LogP contribution in [0.25, 0.3) is 0 Å². The van der Waals surface area contributed by atoms with E-state index in [0.29, 0.717) is 5.56 Å². The van der Waals surface area contributed by atoms with Crippen LogP contribution < -0.4 is 10.2 Å². The van der Waals surface area contributed by atoms with E-state index in [1.54, 1.807) is 48.5 Å². The molecule has 1 amide bonds. The van der Waals surface area contributed by atoms with Gasteiger partial charge in [-0.05, 0) is 35.2 Å². The Morgan fingerprint density at radius 1 is 1.04 bits per heavy atom. The Balaban J connectivity index is 1.85. The number of para-hydroxylation sites is 1. The Kier molecular flexibility index (Phi) is 4.58. The van der Waals surface area contributed by atoms with Crippen molar-refractivity contribution in [1.82, 2.24) is 5.43 Å². The summed E-state index contributed by atoms with van der Waals surface area (Å²) in [4.78, 5) is 12.2. The summed E-state index contributed by atoms with van der Waals surface area (Å²) in [6, 6.07) is 13.4. The predicted octanol–water partition coefficient (Wildman–Crippen LogP) is 2.89. The van der Waals surface area contributed by atoms with Gasteiger partial charge in [0.25, 0.3) is 5.91 Å². The summed E-state index contributed by atoms with van der Waals surface area (Å²) in [5, 5.41) is 3.80. The van der Waals surface area contributed by atoms with Crippen molar-refractivity contribution in [3.05, 3.63) is 59.7 Å². The zero-order valence-electron chi connectivity index (χ0n) is 14.8. The van der Waals surface area contributed by atoms with Crippen LogP contribution in [0.1, 0.15) is 36.7 Å². The lowest BCUT2D eigenvalue weighted by molar-refractivity contribution is 0.0955. The topological polar surface area (TPSA) is 84.8 Å². The second-order valence-electron chi connectivity index (χ2n) is 7.08. The highest BCUT2D eigenvalue weighted by atomic mass is 32.2. The molecule has 0 spiro atoms. The lowest BCUT2D eigenvalue weighted by Crippen LogP contribution is -2.23. The SMILES string of the molecule is CC(C)(C)c1ccc(S(=O)(=O)CC2=NNC(=O)c3ccccc3O2)cc1. The Hall–Kier alpha value is -2.67. The monoisotopic (exact) mass is 372 g/mol. The number of nitrogens with one attached hydrogen (secondary N) is 1. The van der Waals surface area contributed by atoms with Crippen LogP contribution in [0, 0.1) is 0 Å². The molecule has 136 valence electrons. The van der Waals surface area contributed by atoms with Gasteiger partial charge in [-0.3, -0.25) is 4.79 Å². The van der Waals surface area contributed by atoms with Gasteiger partial charge >= 0.3 is 0 Å². The van der Waals surface area contributed by atoms with Crippen LogP contribution >= 0.6 is 0 Å². The Bertz CT molecular complexity index is 971. The molecule has 0 aliphatic carbocycles. The highest BCUT2D eigenvalue weighted by Gasteiger charge is 2.24. The first kappa shape index (κ1) is 18.1. The maximum Gasteiger partial charge on any atom is 0.275 e. The number of carbonyl (C=O) groups excluding carboxylic acids is 1. The number of sulfone groups is 1. The van der Waals surface area contributed by atoms with Gasteiger partial charge in [0.1, 0.15) is 11.5 Å². The first-order chi connectivity index (χ1) is 12.2. The Morgan fingerprint density at radius 2 is 1.69 bits per heavy atom. The molecular weight excluding hydrogens is 352 g/mol. The second-order valence-corrected chi connectivity index (χ2v) is 9.07. The van der Waals surface area contributed by atoms with Crippen LogP contribution in [-0.4, -0.2) is 26.0 Å². The van der Waals surface area contributed by atoms with Crippen molar-refractivity contribution in [3.8, 4) is 5.75 Å². The number of fused-ring (bicyclic) bond motifs is 1. The summed E-state index contributed by atoms with van der Waals surface area (Å²) in [6.07, 6.45) is 0. The molecule has 0 unspecified atom stereocenters. The van der Waals surface area contributed by atoms with Crippen molar-refractivity contribution in [2.24, 2.45) is 5.10 Å². The number of hydrogen-bond acceptors (Lipinski definition) is 5. The number of hydrazone groups is 1. The average molecular weight is 372 g/mol. The van der Waals surface area contributed by atoms with Gasteiger partial charge in [0.05, 0.1) is 10.5 Å². The number of ether oxygens (including phenoxy) is 1. The lowest BCUT2D eigenvalue weighted by Gasteiger charge is -2.19. The van der Waals surface area contributed by atoms with Gasteiger partial charge in [-0.25, -0.2) is 13.8 Å². The minimum absolute atomic E-state index is 0.0647. The average Bonchev–Trinajstić information content (AvgIpc) is 2.73. The summed E-state index contributed by atoms with van der Waals surface area (Å²) in [7, 11) is -3.67. The highest BCUT2D eigenvalue weighted by Crippen LogP contribution is 2.25. The lowest BCUT2D eigenvalue weighted by atomic mass is 9.87. The molecule has 7 heteroatoms. The molecule has 2 aromatic carbocycles. The van der Waals surface area contributed by atoms with E-state index in [9.17, 15) is 13.2 Å².